The van der Waals surface area contributed by atoms with Gasteiger partial charge in [-0.2, -0.15) is 17.4 Å². The van der Waals surface area contributed by atoms with Crippen LogP contribution in [-0.4, -0.2) is 45.4 Å². The average Bonchev–Trinajstić information content (AvgIpc) is 2.03. The molecule has 0 radical (unpaired) electrons. The lowest BCUT2D eigenvalue weighted by molar-refractivity contribution is 0.302. The molecule has 84 valence electrons. The maximum absolute atomic E-state index is 11.6. The second kappa shape index (κ2) is 4.14. The molecule has 5 nitrogen and oxygen atoms in total. The van der Waals surface area contributed by atoms with E-state index in [1.165, 1.54) is 18.4 Å². The molecular formula is C8H19N3O2S. The molecule has 1 saturated heterocycles. The van der Waals surface area contributed by atoms with Gasteiger partial charge in [-0.05, 0) is 32.9 Å². The molecule has 0 bridgehead atoms. The van der Waals surface area contributed by atoms with Crippen molar-refractivity contribution >= 4 is 10.2 Å². The third-order valence-electron chi connectivity index (χ3n) is 2.56. The Hall–Kier alpha value is -0.170. The first-order valence-corrected chi connectivity index (χ1v) is 6.22. The lowest BCUT2D eigenvalue weighted by Crippen LogP contribution is -2.54. The molecule has 0 saturated carbocycles. The van der Waals surface area contributed by atoms with Crippen molar-refractivity contribution in [2.45, 2.75) is 25.3 Å². The predicted molar refractivity (Wildman–Crippen MR) is 56.3 cm³/mol. The minimum absolute atomic E-state index is 0.297. The molecule has 1 aliphatic rings. The molecule has 1 heterocycles. The molecule has 1 fully saturated rings. The molecule has 0 aromatic rings. The third kappa shape index (κ3) is 2.91. The van der Waals surface area contributed by atoms with E-state index in [1.807, 2.05) is 6.92 Å². The van der Waals surface area contributed by atoms with E-state index >= 15 is 0 Å². The number of nitrogens with one attached hydrogen (secondary N) is 2. The molecule has 0 aromatic heterocycles. The molecular weight excluding hydrogens is 202 g/mol. The van der Waals surface area contributed by atoms with Crippen LogP contribution >= 0.6 is 0 Å². The van der Waals surface area contributed by atoms with Crippen LogP contribution in [0.2, 0.25) is 0 Å². The van der Waals surface area contributed by atoms with Crippen LogP contribution in [0.3, 0.4) is 0 Å². The Morgan fingerprint density at radius 2 is 1.79 bits per heavy atom. The van der Waals surface area contributed by atoms with Crippen molar-refractivity contribution in [3.63, 3.8) is 0 Å². The van der Waals surface area contributed by atoms with E-state index in [1.54, 1.807) is 0 Å². The highest BCUT2D eigenvalue weighted by Gasteiger charge is 2.31. The van der Waals surface area contributed by atoms with Gasteiger partial charge >= 0.3 is 0 Å². The van der Waals surface area contributed by atoms with Crippen molar-refractivity contribution in [1.82, 2.24) is 14.3 Å². The summed E-state index contributed by atoms with van der Waals surface area (Å²) in [5, 5.41) is 3.21. The molecule has 2 N–H and O–H groups in total. The predicted octanol–water partition coefficient (Wildman–Crippen LogP) is -0.475. The van der Waals surface area contributed by atoms with Crippen molar-refractivity contribution < 1.29 is 8.42 Å². The minimum atomic E-state index is -3.30. The molecule has 0 atom stereocenters. The van der Waals surface area contributed by atoms with Crippen LogP contribution in [-0.2, 0) is 10.2 Å². The number of hydrogen-bond donors (Lipinski definition) is 2. The number of rotatable bonds is 3. The van der Waals surface area contributed by atoms with Crippen LogP contribution in [0, 0.1) is 0 Å². The van der Waals surface area contributed by atoms with Gasteiger partial charge in [-0.3, -0.25) is 0 Å². The maximum atomic E-state index is 11.6. The smallest absolute Gasteiger partial charge is 0.279 e. The topological polar surface area (TPSA) is 61.4 Å². The number of hydrogen-bond acceptors (Lipinski definition) is 3. The fraction of sp³-hybridized carbons (Fsp3) is 1.00. The van der Waals surface area contributed by atoms with Crippen molar-refractivity contribution in [1.29, 1.82) is 0 Å². The summed E-state index contributed by atoms with van der Waals surface area (Å²) in [5.74, 6) is 0. The van der Waals surface area contributed by atoms with Gasteiger partial charge in [0.05, 0.1) is 0 Å². The van der Waals surface area contributed by atoms with E-state index in [9.17, 15) is 8.42 Å². The summed E-state index contributed by atoms with van der Waals surface area (Å²) < 4.78 is 27.1. The van der Waals surface area contributed by atoms with E-state index in [0.717, 1.165) is 25.9 Å². The van der Waals surface area contributed by atoms with E-state index in [2.05, 4.69) is 10.0 Å². The van der Waals surface area contributed by atoms with Crippen LogP contribution in [0.15, 0.2) is 0 Å². The highest BCUT2D eigenvalue weighted by molar-refractivity contribution is 7.87. The molecule has 6 heteroatoms. The second-order valence-corrected chi connectivity index (χ2v) is 6.08. The van der Waals surface area contributed by atoms with Gasteiger partial charge in [0.15, 0.2) is 0 Å². The molecule has 0 aliphatic carbocycles. The number of nitrogens with zero attached hydrogens (tertiary/aromatic N) is 1. The summed E-state index contributed by atoms with van der Waals surface area (Å²) in [6, 6.07) is 0. The zero-order valence-electron chi connectivity index (χ0n) is 9.00. The fourth-order valence-electron chi connectivity index (χ4n) is 1.48. The summed E-state index contributed by atoms with van der Waals surface area (Å²) in [4.78, 5) is 0. The Morgan fingerprint density at radius 3 is 2.21 bits per heavy atom. The Labute approximate surface area is 86.0 Å². The van der Waals surface area contributed by atoms with Crippen LogP contribution in [0.1, 0.15) is 19.8 Å². The highest BCUT2D eigenvalue weighted by Crippen LogP contribution is 2.18. The molecule has 1 rings (SSSR count). The fourth-order valence-corrected chi connectivity index (χ4v) is 2.49. The Bertz CT molecular complexity index is 281. The normalized spacial score (nSPS) is 22.6. The Morgan fingerprint density at radius 1 is 1.29 bits per heavy atom. The second-order valence-electron chi connectivity index (χ2n) is 4.20. The lowest BCUT2D eigenvalue weighted by Gasteiger charge is -2.35. The van der Waals surface area contributed by atoms with Crippen molar-refractivity contribution in [3.05, 3.63) is 0 Å². The average molecular weight is 221 g/mol. The zero-order valence-corrected chi connectivity index (χ0v) is 9.82. The van der Waals surface area contributed by atoms with Gasteiger partial charge in [-0.25, -0.2) is 0 Å². The van der Waals surface area contributed by atoms with Gasteiger partial charge in [-0.15, -0.1) is 0 Å². The standard InChI is InChI=1S/C8H19N3O2S/c1-8(4-6-9-7-5-8)10-14(12,13)11(2)3/h9-10H,4-7H2,1-3H3. The molecule has 14 heavy (non-hydrogen) atoms. The monoisotopic (exact) mass is 221 g/mol. The van der Waals surface area contributed by atoms with Crippen molar-refractivity contribution in [3.8, 4) is 0 Å². The largest absolute Gasteiger partial charge is 0.317 e. The number of piperidine rings is 1. The quantitative estimate of drug-likeness (QED) is 0.677. The van der Waals surface area contributed by atoms with Crippen LogP contribution in [0.4, 0.5) is 0 Å². The summed E-state index contributed by atoms with van der Waals surface area (Å²) in [7, 11) is -0.232. The molecule has 0 amide bonds. The van der Waals surface area contributed by atoms with Gasteiger partial charge in [-0.1, -0.05) is 0 Å². The van der Waals surface area contributed by atoms with Gasteiger partial charge in [0.1, 0.15) is 0 Å². The van der Waals surface area contributed by atoms with Crippen LogP contribution in [0.25, 0.3) is 0 Å². The van der Waals surface area contributed by atoms with Gasteiger partial charge in [0.25, 0.3) is 10.2 Å². The SMILES string of the molecule is CN(C)S(=O)(=O)NC1(C)CCNCC1. The minimum Gasteiger partial charge on any atom is -0.317 e. The maximum Gasteiger partial charge on any atom is 0.279 e. The van der Waals surface area contributed by atoms with Crippen LogP contribution < -0.4 is 10.0 Å². The molecule has 0 aromatic carbocycles. The van der Waals surface area contributed by atoms with E-state index in [-0.39, 0.29) is 5.54 Å². The molecule has 1 aliphatic heterocycles. The van der Waals surface area contributed by atoms with Gasteiger partial charge < -0.3 is 5.32 Å². The first-order valence-electron chi connectivity index (χ1n) is 4.78. The summed E-state index contributed by atoms with van der Waals surface area (Å²) in [6.07, 6.45) is 1.67. The van der Waals surface area contributed by atoms with Crippen molar-refractivity contribution in [2.75, 3.05) is 27.2 Å². The molecule has 0 unspecified atom stereocenters. The zero-order chi connectivity index (χ0) is 10.8. The van der Waals surface area contributed by atoms with Gasteiger partial charge in [0.2, 0.25) is 0 Å². The first-order chi connectivity index (χ1) is 6.36. The highest BCUT2D eigenvalue weighted by atomic mass is 32.2. The van der Waals surface area contributed by atoms with E-state index in [4.69, 9.17) is 0 Å². The summed E-state index contributed by atoms with van der Waals surface area (Å²) in [6.45, 7) is 3.69. The van der Waals surface area contributed by atoms with Crippen LogP contribution in [0.5, 0.6) is 0 Å². The Kier molecular flexibility index (Phi) is 3.52. The lowest BCUT2D eigenvalue weighted by atomic mass is 9.92. The summed E-state index contributed by atoms with van der Waals surface area (Å²) >= 11 is 0. The summed E-state index contributed by atoms with van der Waals surface area (Å²) in [5.41, 5.74) is -0.297. The van der Waals surface area contributed by atoms with Gasteiger partial charge in [0, 0.05) is 19.6 Å². The first kappa shape index (κ1) is 11.9. The van der Waals surface area contributed by atoms with Crippen molar-refractivity contribution in [2.24, 2.45) is 0 Å². The molecule has 0 spiro atoms. The third-order valence-corrected chi connectivity index (χ3v) is 4.28. The Balaban J connectivity index is 2.66. The van der Waals surface area contributed by atoms with E-state index < -0.39 is 10.2 Å². The van der Waals surface area contributed by atoms with E-state index in [0.29, 0.717) is 0 Å².